The molecular formula is C23H33N3O3. The first kappa shape index (κ1) is 22.9. The maximum absolute atomic E-state index is 10.6. The molecule has 0 aliphatic heterocycles. The van der Waals surface area contributed by atoms with E-state index in [0.29, 0.717) is 24.2 Å². The topological polar surface area (TPSA) is 108 Å². The van der Waals surface area contributed by atoms with Gasteiger partial charge in [0.2, 0.25) is 6.41 Å². The van der Waals surface area contributed by atoms with Gasteiger partial charge in [-0.3, -0.25) is 4.79 Å². The third-order valence-corrected chi connectivity index (χ3v) is 4.97. The molecule has 29 heavy (non-hydrogen) atoms. The van der Waals surface area contributed by atoms with Gasteiger partial charge in [-0.05, 0) is 80.4 Å². The van der Waals surface area contributed by atoms with E-state index in [9.17, 15) is 15.0 Å². The Balaban J connectivity index is 1.63. The summed E-state index contributed by atoms with van der Waals surface area (Å²) in [6.45, 7) is 2.01. The van der Waals surface area contributed by atoms with Crippen molar-refractivity contribution >= 4 is 12.1 Å². The molecule has 1 amide bonds. The van der Waals surface area contributed by atoms with Crippen molar-refractivity contribution in [3.05, 3.63) is 59.2 Å². The number of aliphatic hydroxyl groups is 1. The highest BCUT2D eigenvalue weighted by Gasteiger charge is 2.10. The van der Waals surface area contributed by atoms with Crippen LogP contribution in [0.15, 0.2) is 42.5 Å². The third-order valence-electron chi connectivity index (χ3n) is 4.97. The maximum Gasteiger partial charge on any atom is 0.211 e. The fourth-order valence-electron chi connectivity index (χ4n) is 3.22. The molecule has 2 aromatic carbocycles. The number of hydrogen-bond acceptors (Lipinski definition) is 5. The summed E-state index contributed by atoms with van der Waals surface area (Å²) in [6, 6.07) is 13.5. The Labute approximate surface area is 173 Å². The summed E-state index contributed by atoms with van der Waals surface area (Å²) < 4.78 is 0. The van der Waals surface area contributed by atoms with E-state index in [0.717, 1.165) is 51.6 Å². The monoisotopic (exact) mass is 399 g/mol. The van der Waals surface area contributed by atoms with Crippen LogP contribution in [0.3, 0.4) is 0 Å². The number of phenols is 1. The van der Waals surface area contributed by atoms with Gasteiger partial charge >= 0.3 is 0 Å². The van der Waals surface area contributed by atoms with Gasteiger partial charge in [-0.25, -0.2) is 0 Å². The molecule has 0 heterocycles. The first-order valence-electron chi connectivity index (χ1n) is 10.3. The van der Waals surface area contributed by atoms with Gasteiger partial charge in [-0.2, -0.15) is 0 Å². The van der Waals surface area contributed by atoms with Crippen LogP contribution in [0.2, 0.25) is 0 Å². The number of rotatable bonds is 14. The number of nitrogens with two attached hydrogens (primary N) is 1. The van der Waals surface area contributed by atoms with Gasteiger partial charge in [0, 0.05) is 6.54 Å². The van der Waals surface area contributed by atoms with Crippen molar-refractivity contribution in [1.29, 1.82) is 0 Å². The van der Waals surface area contributed by atoms with Crippen molar-refractivity contribution in [1.82, 2.24) is 5.32 Å². The Morgan fingerprint density at radius 2 is 1.62 bits per heavy atom. The predicted octanol–water partition coefficient (Wildman–Crippen LogP) is 2.89. The second-order valence-corrected chi connectivity index (χ2v) is 7.28. The van der Waals surface area contributed by atoms with Crippen molar-refractivity contribution in [3.8, 4) is 5.75 Å². The Morgan fingerprint density at radius 3 is 2.24 bits per heavy atom. The zero-order chi connectivity index (χ0) is 20.9. The Kier molecular flexibility index (Phi) is 10.2. The van der Waals surface area contributed by atoms with E-state index in [-0.39, 0.29) is 5.75 Å². The summed E-state index contributed by atoms with van der Waals surface area (Å²) in [6.07, 6.45) is 6.28. The van der Waals surface area contributed by atoms with Crippen LogP contribution in [0, 0.1) is 0 Å². The summed E-state index contributed by atoms with van der Waals surface area (Å²) in [4.78, 5) is 10.6. The van der Waals surface area contributed by atoms with Crippen molar-refractivity contribution < 1.29 is 15.0 Å². The largest absolute Gasteiger partial charge is 0.506 e. The molecule has 2 aromatic rings. The highest BCUT2D eigenvalue weighted by molar-refractivity contribution is 5.75. The molecule has 1 atom stereocenters. The molecular weight excluding hydrogens is 366 g/mol. The molecule has 6 N–H and O–H groups in total. The van der Waals surface area contributed by atoms with E-state index in [1.54, 1.807) is 12.1 Å². The number of nitrogens with one attached hydrogen (secondary N) is 2. The number of benzene rings is 2. The number of hydrogen-bond donors (Lipinski definition) is 5. The van der Waals surface area contributed by atoms with E-state index in [2.05, 4.69) is 34.9 Å². The van der Waals surface area contributed by atoms with Gasteiger partial charge in [0.05, 0.1) is 11.8 Å². The maximum atomic E-state index is 10.6. The number of phenolic OH excluding ortho intramolecular Hbond substituents is 1. The van der Waals surface area contributed by atoms with Gasteiger partial charge in [0.15, 0.2) is 0 Å². The molecule has 0 saturated carbocycles. The zero-order valence-corrected chi connectivity index (χ0v) is 16.9. The molecule has 0 unspecified atom stereocenters. The van der Waals surface area contributed by atoms with E-state index in [1.165, 1.54) is 17.2 Å². The second-order valence-electron chi connectivity index (χ2n) is 7.28. The first-order chi connectivity index (χ1) is 14.1. The Bertz CT molecular complexity index is 735. The predicted molar refractivity (Wildman–Crippen MR) is 117 cm³/mol. The lowest BCUT2D eigenvalue weighted by Gasteiger charge is -2.14. The Hall–Kier alpha value is -2.41. The minimum atomic E-state index is -0.699. The fourth-order valence-corrected chi connectivity index (χ4v) is 3.22. The number of aryl methyl sites for hydroxylation is 2. The Morgan fingerprint density at radius 1 is 0.966 bits per heavy atom. The average molecular weight is 400 g/mol. The zero-order valence-electron chi connectivity index (χ0n) is 16.9. The molecule has 0 bridgehead atoms. The molecule has 0 aliphatic carbocycles. The molecule has 0 spiro atoms. The van der Waals surface area contributed by atoms with Crippen molar-refractivity contribution in [2.75, 3.05) is 25.0 Å². The number of amides is 1. The van der Waals surface area contributed by atoms with Crippen LogP contribution in [-0.4, -0.2) is 36.3 Å². The van der Waals surface area contributed by atoms with Crippen LogP contribution in [0.25, 0.3) is 0 Å². The van der Waals surface area contributed by atoms with Crippen LogP contribution in [0.5, 0.6) is 5.75 Å². The number of anilines is 1. The van der Waals surface area contributed by atoms with Gasteiger partial charge in [0.25, 0.3) is 0 Å². The molecule has 0 radical (unpaired) electrons. The molecule has 6 nitrogen and oxygen atoms in total. The lowest BCUT2D eigenvalue weighted by molar-refractivity contribution is -0.105. The van der Waals surface area contributed by atoms with E-state index in [4.69, 9.17) is 5.73 Å². The third kappa shape index (κ3) is 8.23. The number of unbranched alkanes of at least 4 members (excludes halogenated alkanes) is 2. The van der Waals surface area contributed by atoms with Gasteiger partial charge in [-0.15, -0.1) is 0 Å². The van der Waals surface area contributed by atoms with Crippen LogP contribution >= 0.6 is 0 Å². The minimum absolute atomic E-state index is 0.0235. The number of aromatic hydroxyl groups is 1. The van der Waals surface area contributed by atoms with Gasteiger partial charge in [0.1, 0.15) is 5.75 Å². The molecule has 0 aliphatic rings. The van der Waals surface area contributed by atoms with E-state index < -0.39 is 6.10 Å². The van der Waals surface area contributed by atoms with Crippen molar-refractivity contribution in [3.63, 3.8) is 0 Å². The highest BCUT2D eigenvalue weighted by Crippen LogP contribution is 2.26. The molecule has 158 valence electrons. The quantitative estimate of drug-likeness (QED) is 0.191. The second kappa shape index (κ2) is 12.9. The number of carbonyl (C=O) groups excluding carboxylic acids is 1. The molecule has 2 rings (SSSR count). The van der Waals surface area contributed by atoms with Crippen molar-refractivity contribution in [2.24, 2.45) is 5.73 Å². The SMILES string of the molecule is NCCCCc1ccc(CCCCNC[C@H](O)c2ccc(O)c(NC=O)c2)cc1. The lowest BCUT2D eigenvalue weighted by Crippen LogP contribution is -2.22. The van der Waals surface area contributed by atoms with Crippen LogP contribution in [0.1, 0.15) is 48.5 Å². The van der Waals surface area contributed by atoms with Crippen molar-refractivity contribution in [2.45, 2.75) is 44.6 Å². The van der Waals surface area contributed by atoms with Crippen LogP contribution in [-0.2, 0) is 17.6 Å². The van der Waals surface area contributed by atoms with Crippen LogP contribution < -0.4 is 16.4 Å². The van der Waals surface area contributed by atoms with Crippen LogP contribution in [0.4, 0.5) is 5.69 Å². The summed E-state index contributed by atoms with van der Waals surface area (Å²) >= 11 is 0. The van der Waals surface area contributed by atoms with Gasteiger partial charge < -0.3 is 26.6 Å². The summed E-state index contributed by atoms with van der Waals surface area (Å²) in [5.41, 5.74) is 9.20. The summed E-state index contributed by atoms with van der Waals surface area (Å²) in [5, 5.41) is 25.6. The standard InChI is InChI=1S/C23H33N3O3/c24-13-3-1-5-18-7-9-19(10-8-18)6-2-4-14-25-16-23(29)20-11-12-22(28)21(15-20)26-17-27/h7-12,15,17,23,25,28-29H,1-6,13-14,16,24H2,(H,26,27)/t23-/m0/s1. The first-order valence-corrected chi connectivity index (χ1v) is 10.3. The molecule has 0 aromatic heterocycles. The van der Waals surface area contributed by atoms with Gasteiger partial charge in [-0.1, -0.05) is 30.3 Å². The van der Waals surface area contributed by atoms with E-state index in [1.807, 2.05) is 0 Å². The summed E-state index contributed by atoms with van der Waals surface area (Å²) in [7, 11) is 0. The smallest absolute Gasteiger partial charge is 0.211 e. The average Bonchev–Trinajstić information content (AvgIpc) is 2.73. The molecule has 0 fully saturated rings. The minimum Gasteiger partial charge on any atom is -0.506 e. The molecule has 0 saturated heterocycles. The normalized spacial score (nSPS) is 11.9. The number of aliphatic hydroxyl groups excluding tert-OH is 1. The number of carbonyl (C=O) groups is 1. The fraction of sp³-hybridized carbons (Fsp3) is 0.435. The highest BCUT2D eigenvalue weighted by atomic mass is 16.3. The van der Waals surface area contributed by atoms with E-state index >= 15 is 0 Å². The lowest BCUT2D eigenvalue weighted by atomic mass is 10.0. The molecule has 6 heteroatoms. The summed E-state index contributed by atoms with van der Waals surface area (Å²) in [5.74, 6) is -0.0235.